The van der Waals surface area contributed by atoms with Gasteiger partial charge in [-0.25, -0.2) is 0 Å². The molecular weight excluding hydrogens is 196 g/mol. The average Bonchev–Trinajstić information content (AvgIpc) is 2.34. The fourth-order valence-corrected chi connectivity index (χ4v) is 1.18. The van der Waals surface area contributed by atoms with Crippen molar-refractivity contribution in [2.45, 2.75) is 26.2 Å². The lowest BCUT2D eigenvalue weighted by Crippen LogP contribution is -1.82. The number of unbranched alkanes of at least 4 members (excludes halogenated alkanes) is 2. The van der Waals surface area contributed by atoms with Gasteiger partial charge in [0.2, 0.25) is 0 Å². The molecule has 0 unspecified atom stereocenters. The highest BCUT2D eigenvalue weighted by Crippen LogP contribution is 2.10. The van der Waals surface area contributed by atoms with Gasteiger partial charge in [0, 0.05) is 12.0 Å². The van der Waals surface area contributed by atoms with Crippen LogP contribution in [0.1, 0.15) is 31.7 Å². The zero-order chi connectivity index (χ0) is 11.6. The third kappa shape index (κ3) is 4.58. The van der Waals surface area contributed by atoms with Gasteiger partial charge in [0.05, 0.1) is 7.11 Å². The van der Waals surface area contributed by atoms with E-state index in [2.05, 4.69) is 30.6 Å². The predicted molar refractivity (Wildman–Crippen MR) is 67.2 cm³/mol. The number of hydrogen-bond acceptors (Lipinski definition) is 1. The summed E-state index contributed by atoms with van der Waals surface area (Å²) in [5.41, 5.74) is 0.934. The summed E-state index contributed by atoms with van der Waals surface area (Å²) in [6.07, 6.45) is 3.26. The highest BCUT2D eigenvalue weighted by atomic mass is 16.5. The topological polar surface area (TPSA) is 9.23 Å². The molecule has 1 heteroatoms. The van der Waals surface area contributed by atoms with Gasteiger partial charge >= 0.3 is 0 Å². The Bertz CT molecular complexity index is 438. The van der Waals surface area contributed by atoms with Crippen LogP contribution >= 0.6 is 0 Å². The fourth-order valence-electron chi connectivity index (χ4n) is 1.18. The van der Waals surface area contributed by atoms with E-state index in [1.54, 1.807) is 7.11 Å². The van der Waals surface area contributed by atoms with Gasteiger partial charge in [0.15, 0.2) is 0 Å². The van der Waals surface area contributed by atoms with Crippen molar-refractivity contribution in [1.29, 1.82) is 0 Å². The van der Waals surface area contributed by atoms with Crippen LogP contribution in [0.2, 0.25) is 0 Å². The molecule has 1 aromatic rings. The van der Waals surface area contributed by atoms with E-state index in [1.165, 1.54) is 6.42 Å². The van der Waals surface area contributed by atoms with Gasteiger partial charge in [-0.15, -0.1) is 0 Å². The number of rotatable bonds is 3. The van der Waals surface area contributed by atoms with E-state index in [4.69, 9.17) is 4.74 Å². The first-order chi connectivity index (χ1) is 7.86. The molecule has 0 spiro atoms. The molecular formula is C15H16O. The monoisotopic (exact) mass is 212 g/mol. The molecule has 0 heterocycles. The third-order valence-corrected chi connectivity index (χ3v) is 2.08. The first-order valence-corrected chi connectivity index (χ1v) is 5.49. The van der Waals surface area contributed by atoms with Crippen molar-refractivity contribution in [3.05, 3.63) is 29.8 Å². The molecule has 0 aliphatic rings. The van der Waals surface area contributed by atoms with Crippen LogP contribution in [0.4, 0.5) is 0 Å². The molecule has 1 aromatic carbocycles. The lowest BCUT2D eigenvalue weighted by atomic mass is 10.2. The summed E-state index contributed by atoms with van der Waals surface area (Å²) in [4.78, 5) is 0. The lowest BCUT2D eigenvalue weighted by molar-refractivity contribution is 0.414. The molecule has 0 bridgehead atoms. The second-order valence-corrected chi connectivity index (χ2v) is 3.39. The van der Waals surface area contributed by atoms with Gasteiger partial charge in [-0.1, -0.05) is 31.3 Å². The van der Waals surface area contributed by atoms with Crippen LogP contribution in [0, 0.1) is 23.7 Å². The zero-order valence-corrected chi connectivity index (χ0v) is 9.84. The summed E-state index contributed by atoms with van der Waals surface area (Å²) < 4.78 is 5.11. The second kappa shape index (κ2) is 7.43. The Balaban J connectivity index is 2.57. The van der Waals surface area contributed by atoms with Crippen molar-refractivity contribution in [3.63, 3.8) is 0 Å². The fraction of sp³-hybridized carbons (Fsp3) is 0.333. The van der Waals surface area contributed by atoms with Gasteiger partial charge in [0.25, 0.3) is 0 Å². The van der Waals surface area contributed by atoms with Gasteiger partial charge < -0.3 is 4.74 Å². The maximum atomic E-state index is 5.11. The van der Waals surface area contributed by atoms with Crippen LogP contribution < -0.4 is 4.74 Å². The van der Waals surface area contributed by atoms with Crippen LogP contribution in [0.3, 0.4) is 0 Å². The van der Waals surface area contributed by atoms with Crippen LogP contribution in [-0.2, 0) is 0 Å². The van der Waals surface area contributed by atoms with E-state index < -0.39 is 0 Å². The number of ether oxygens (including phenoxy) is 1. The molecule has 0 fully saturated rings. The molecule has 0 saturated heterocycles. The second-order valence-electron chi connectivity index (χ2n) is 3.39. The maximum Gasteiger partial charge on any atom is 0.120 e. The Labute approximate surface area is 97.8 Å². The van der Waals surface area contributed by atoms with Crippen LogP contribution in [0.5, 0.6) is 5.75 Å². The molecule has 0 saturated carbocycles. The summed E-state index contributed by atoms with van der Waals surface area (Å²) in [5, 5.41) is 0. The molecule has 0 N–H and O–H groups in total. The molecule has 0 aromatic heterocycles. The molecule has 0 atom stereocenters. The van der Waals surface area contributed by atoms with E-state index in [0.717, 1.165) is 24.2 Å². The third-order valence-electron chi connectivity index (χ3n) is 2.08. The van der Waals surface area contributed by atoms with E-state index in [1.807, 2.05) is 24.3 Å². The van der Waals surface area contributed by atoms with Gasteiger partial charge in [-0.3, -0.25) is 0 Å². The van der Waals surface area contributed by atoms with Crippen molar-refractivity contribution in [3.8, 4) is 29.4 Å². The largest absolute Gasteiger partial charge is 0.497 e. The van der Waals surface area contributed by atoms with Gasteiger partial charge in [-0.2, -0.15) is 0 Å². The Morgan fingerprint density at radius 1 is 1.25 bits per heavy atom. The SMILES string of the molecule is CCCCC#CC#Cc1cccc(OC)c1. The number of hydrogen-bond donors (Lipinski definition) is 0. The Hall–Kier alpha value is -1.86. The minimum absolute atomic E-state index is 0.825. The van der Waals surface area contributed by atoms with Gasteiger partial charge in [0.1, 0.15) is 5.75 Å². The van der Waals surface area contributed by atoms with Crippen molar-refractivity contribution in [2.75, 3.05) is 7.11 Å². The molecule has 82 valence electrons. The highest BCUT2D eigenvalue weighted by molar-refractivity contribution is 5.43. The van der Waals surface area contributed by atoms with Gasteiger partial charge in [-0.05, 0) is 36.5 Å². The first kappa shape index (κ1) is 12.2. The maximum absolute atomic E-state index is 5.11. The summed E-state index contributed by atoms with van der Waals surface area (Å²) in [6.45, 7) is 2.16. The van der Waals surface area contributed by atoms with Crippen molar-refractivity contribution in [1.82, 2.24) is 0 Å². The van der Waals surface area contributed by atoms with E-state index in [9.17, 15) is 0 Å². The highest BCUT2D eigenvalue weighted by Gasteiger charge is 1.90. The van der Waals surface area contributed by atoms with Crippen LogP contribution in [-0.4, -0.2) is 7.11 Å². The van der Waals surface area contributed by atoms with Crippen molar-refractivity contribution in [2.24, 2.45) is 0 Å². The first-order valence-electron chi connectivity index (χ1n) is 5.49. The van der Waals surface area contributed by atoms with Crippen LogP contribution in [0.25, 0.3) is 0 Å². The summed E-state index contributed by atoms with van der Waals surface area (Å²) in [5.74, 6) is 12.5. The molecule has 1 rings (SSSR count). The molecule has 0 radical (unpaired) electrons. The standard InChI is InChI=1S/C15H16O/c1-3-4-5-6-7-8-10-14-11-9-12-15(13-14)16-2/h9,11-13H,3-5H2,1-2H3. The van der Waals surface area contributed by atoms with E-state index in [-0.39, 0.29) is 0 Å². The minimum Gasteiger partial charge on any atom is -0.497 e. The number of benzene rings is 1. The zero-order valence-electron chi connectivity index (χ0n) is 9.84. The Morgan fingerprint density at radius 3 is 2.88 bits per heavy atom. The van der Waals surface area contributed by atoms with E-state index in [0.29, 0.717) is 0 Å². The number of methoxy groups -OCH3 is 1. The summed E-state index contributed by atoms with van der Waals surface area (Å²) in [7, 11) is 1.65. The molecule has 0 aliphatic carbocycles. The van der Waals surface area contributed by atoms with Crippen molar-refractivity contribution >= 4 is 0 Å². The quantitative estimate of drug-likeness (QED) is 0.552. The Kier molecular flexibility index (Phi) is 5.67. The minimum atomic E-state index is 0.825. The molecule has 16 heavy (non-hydrogen) atoms. The van der Waals surface area contributed by atoms with E-state index >= 15 is 0 Å². The van der Waals surface area contributed by atoms with Crippen LogP contribution in [0.15, 0.2) is 24.3 Å². The average molecular weight is 212 g/mol. The smallest absolute Gasteiger partial charge is 0.120 e. The normalized spacial score (nSPS) is 8.38. The summed E-state index contributed by atoms with van der Waals surface area (Å²) >= 11 is 0. The predicted octanol–water partition coefficient (Wildman–Crippen LogP) is 3.24. The summed E-state index contributed by atoms with van der Waals surface area (Å²) in [6, 6.07) is 7.68. The Morgan fingerprint density at radius 2 is 2.12 bits per heavy atom. The molecule has 1 nitrogen and oxygen atoms in total. The van der Waals surface area contributed by atoms with Crippen molar-refractivity contribution < 1.29 is 4.74 Å². The molecule has 0 amide bonds. The lowest BCUT2D eigenvalue weighted by Gasteiger charge is -1.97. The molecule has 0 aliphatic heterocycles.